The van der Waals surface area contributed by atoms with Crippen LogP contribution in [0.4, 0.5) is 5.69 Å². The maximum atomic E-state index is 13.2. The third-order valence-corrected chi connectivity index (χ3v) is 6.42. The van der Waals surface area contributed by atoms with Gasteiger partial charge in [-0.2, -0.15) is 0 Å². The van der Waals surface area contributed by atoms with E-state index in [1.807, 2.05) is 13.8 Å². The molecule has 0 bridgehead atoms. The first-order valence-corrected chi connectivity index (χ1v) is 11.6. The summed E-state index contributed by atoms with van der Waals surface area (Å²) < 4.78 is 11.1. The number of aromatic hydroxyl groups is 1. The van der Waals surface area contributed by atoms with Crippen LogP contribution in [0.1, 0.15) is 31.0 Å². The predicted octanol–water partition coefficient (Wildman–Crippen LogP) is 2.84. The highest BCUT2D eigenvalue weighted by atomic mass is 16.6. The van der Waals surface area contributed by atoms with Gasteiger partial charge < -0.3 is 29.5 Å². The fraction of sp³-hybridized carbons (Fsp3) is 0.360. The van der Waals surface area contributed by atoms with Crippen LogP contribution < -0.4 is 9.47 Å². The molecule has 1 fully saturated rings. The summed E-state index contributed by atoms with van der Waals surface area (Å²) in [6, 6.07) is 7.23. The summed E-state index contributed by atoms with van der Waals surface area (Å²) in [5.74, 6) is -1.82. The minimum atomic E-state index is -1.09. The maximum Gasteiger partial charge on any atom is 0.311 e. The fourth-order valence-corrected chi connectivity index (χ4v) is 4.45. The lowest BCUT2D eigenvalue weighted by atomic mass is 9.94. The first kappa shape index (κ1) is 25.0. The molecule has 0 spiro atoms. The molecule has 0 aromatic heterocycles. The number of carbonyl (C=O) groups excluding carboxylic acids is 2. The Labute approximate surface area is 207 Å². The van der Waals surface area contributed by atoms with Crippen LogP contribution in [-0.2, 0) is 9.59 Å². The maximum absolute atomic E-state index is 13.2. The van der Waals surface area contributed by atoms with Crippen molar-refractivity contribution in [3.05, 3.63) is 63.2 Å². The van der Waals surface area contributed by atoms with E-state index in [-0.39, 0.29) is 23.2 Å². The van der Waals surface area contributed by atoms with Gasteiger partial charge in [0.25, 0.3) is 11.7 Å². The van der Waals surface area contributed by atoms with Crippen molar-refractivity contribution in [2.45, 2.75) is 19.9 Å². The van der Waals surface area contributed by atoms with Crippen molar-refractivity contribution in [3.63, 3.8) is 0 Å². The van der Waals surface area contributed by atoms with Crippen LogP contribution in [0.25, 0.3) is 5.76 Å². The lowest BCUT2D eigenvalue weighted by Crippen LogP contribution is -2.38. The Hall–Kier alpha value is -4.12. The zero-order valence-electron chi connectivity index (χ0n) is 20.0. The summed E-state index contributed by atoms with van der Waals surface area (Å²) in [4.78, 5) is 40.4. The summed E-state index contributed by atoms with van der Waals surface area (Å²) in [5, 5.41) is 32.7. The number of nitro groups is 1. The number of likely N-dealkylation sites (tertiary alicyclic amines) is 1. The number of rotatable bonds is 8. The number of benzene rings is 2. The van der Waals surface area contributed by atoms with Crippen molar-refractivity contribution in [1.82, 2.24) is 9.80 Å². The lowest BCUT2D eigenvalue weighted by Gasteiger charge is -2.28. The van der Waals surface area contributed by atoms with Gasteiger partial charge in [-0.15, -0.1) is 0 Å². The Morgan fingerprint density at radius 3 is 2.47 bits per heavy atom. The van der Waals surface area contributed by atoms with Crippen molar-refractivity contribution in [3.8, 4) is 17.2 Å². The second-order valence-corrected chi connectivity index (χ2v) is 8.38. The topological polar surface area (TPSA) is 143 Å². The Balaban J connectivity index is 1.84. The van der Waals surface area contributed by atoms with E-state index < -0.39 is 39.9 Å². The lowest BCUT2D eigenvalue weighted by molar-refractivity contribution is -0.385. The SMILES string of the molecule is CCN(CC)CCN1C(=O)C(=O)/C(=C(/O)c2ccc3c(c2)OCCO3)C1c1ccc(O)c([N+](=O)[O-])c1. The Morgan fingerprint density at radius 2 is 1.81 bits per heavy atom. The van der Waals surface area contributed by atoms with Crippen LogP contribution in [0.5, 0.6) is 17.2 Å². The number of phenolic OH excluding ortho intramolecular Hbond substituents is 1. The number of carbonyl (C=O) groups is 2. The summed E-state index contributed by atoms with van der Waals surface area (Å²) in [5.41, 5.74) is -0.311. The molecule has 2 aromatic rings. The smallest absolute Gasteiger partial charge is 0.311 e. The second kappa shape index (κ2) is 10.2. The number of phenols is 1. The Kier molecular flexibility index (Phi) is 7.11. The van der Waals surface area contributed by atoms with Crippen LogP contribution >= 0.6 is 0 Å². The number of ether oxygens (including phenoxy) is 2. The van der Waals surface area contributed by atoms with E-state index in [0.29, 0.717) is 31.3 Å². The van der Waals surface area contributed by atoms with E-state index in [1.165, 1.54) is 17.0 Å². The molecular formula is C25H27N3O8. The summed E-state index contributed by atoms with van der Waals surface area (Å²) in [7, 11) is 0. The molecule has 2 N–H and O–H groups in total. The molecule has 11 nitrogen and oxygen atoms in total. The molecule has 1 saturated heterocycles. The number of nitro benzene ring substituents is 1. The third kappa shape index (κ3) is 4.57. The van der Waals surface area contributed by atoms with Gasteiger partial charge >= 0.3 is 5.69 Å². The van der Waals surface area contributed by atoms with Gasteiger partial charge in [0.2, 0.25) is 0 Å². The summed E-state index contributed by atoms with van der Waals surface area (Å²) in [6.07, 6.45) is 0. The van der Waals surface area contributed by atoms with Crippen molar-refractivity contribution in [2.24, 2.45) is 0 Å². The van der Waals surface area contributed by atoms with Crippen LogP contribution in [0.15, 0.2) is 42.0 Å². The standard InChI is InChI=1S/C25H27N3O8/c1-3-26(4-2)9-10-27-22(15-5-7-18(29)17(13-15)28(33)34)21(24(31)25(27)32)23(30)16-6-8-19-20(14-16)36-12-11-35-19/h5-8,13-14,22,29-30H,3-4,9-12H2,1-2H3/b23-21+. The molecule has 0 radical (unpaired) electrons. The molecule has 2 heterocycles. The van der Waals surface area contributed by atoms with E-state index in [0.717, 1.165) is 25.2 Å². The van der Waals surface area contributed by atoms with Gasteiger partial charge in [0.1, 0.15) is 19.0 Å². The molecular weight excluding hydrogens is 470 g/mol. The molecule has 4 rings (SSSR count). The summed E-state index contributed by atoms with van der Waals surface area (Å²) >= 11 is 0. The third-order valence-electron chi connectivity index (χ3n) is 6.42. The Morgan fingerprint density at radius 1 is 1.11 bits per heavy atom. The average molecular weight is 498 g/mol. The van der Waals surface area contributed by atoms with Crippen molar-refractivity contribution < 1.29 is 34.2 Å². The zero-order chi connectivity index (χ0) is 26.0. The van der Waals surface area contributed by atoms with Gasteiger partial charge in [-0.05, 0) is 42.9 Å². The molecule has 1 unspecified atom stereocenters. The number of aliphatic hydroxyl groups is 1. The molecule has 1 atom stereocenters. The van der Waals surface area contributed by atoms with E-state index in [2.05, 4.69) is 4.90 Å². The Bertz CT molecular complexity index is 1240. The number of aliphatic hydroxyl groups excluding tert-OH is 1. The molecule has 0 aliphatic carbocycles. The number of amides is 1. The molecule has 2 aliphatic rings. The fourth-order valence-electron chi connectivity index (χ4n) is 4.45. The van der Waals surface area contributed by atoms with Gasteiger partial charge in [-0.3, -0.25) is 19.7 Å². The molecule has 0 saturated carbocycles. The van der Waals surface area contributed by atoms with Crippen molar-refractivity contribution in [2.75, 3.05) is 39.4 Å². The molecule has 1 amide bonds. The molecule has 36 heavy (non-hydrogen) atoms. The van der Waals surface area contributed by atoms with Gasteiger partial charge in [0, 0.05) is 24.7 Å². The highest BCUT2D eigenvalue weighted by Crippen LogP contribution is 2.42. The van der Waals surface area contributed by atoms with Crippen LogP contribution in [0, 0.1) is 10.1 Å². The van der Waals surface area contributed by atoms with Crippen molar-refractivity contribution >= 4 is 23.1 Å². The van der Waals surface area contributed by atoms with Crippen LogP contribution in [0.3, 0.4) is 0 Å². The van der Waals surface area contributed by atoms with E-state index in [4.69, 9.17) is 9.47 Å². The first-order valence-electron chi connectivity index (χ1n) is 11.6. The number of hydrogen-bond donors (Lipinski definition) is 2. The van der Waals surface area contributed by atoms with E-state index >= 15 is 0 Å². The largest absolute Gasteiger partial charge is 0.507 e. The quantitative estimate of drug-likeness (QED) is 0.185. The second-order valence-electron chi connectivity index (χ2n) is 8.38. The minimum absolute atomic E-state index is 0.156. The van der Waals surface area contributed by atoms with Crippen molar-refractivity contribution in [1.29, 1.82) is 0 Å². The number of hydrogen-bond acceptors (Lipinski definition) is 9. The van der Waals surface area contributed by atoms with Crippen LogP contribution in [-0.4, -0.2) is 76.0 Å². The van der Waals surface area contributed by atoms with Gasteiger partial charge in [0.15, 0.2) is 17.2 Å². The first-order chi connectivity index (χ1) is 17.3. The minimum Gasteiger partial charge on any atom is -0.507 e. The normalized spacial score (nSPS) is 18.6. The number of nitrogens with zero attached hydrogens (tertiary/aromatic N) is 3. The average Bonchev–Trinajstić information content (AvgIpc) is 3.13. The highest BCUT2D eigenvalue weighted by molar-refractivity contribution is 6.46. The monoisotopic (exact) mass is 497 g/mol. The summed E-state index contributed by atoms with van der Waals surface area (Å²) in [6.45, 7) is 6.73. The molecule has 190 valence electrons. The van der Waals surface area contributed by atoms with Gasteiger partial charge in [-0.25, -0.2) is 0 Å². The van der Waals surface area contributed by atoms with E-state index in [9.17, 15) is 29.9 Å². The molecule has 11 heteroatoms. The van der Waals surface area contributed by atoms with Gasteiger partial charge in [0.05, 0.1) is 16.5 Å². The number of likely N-dealkylation sites (N-methyl/N-ethyl adjacent to an activating group) is 1. The number of Topliss-reactive ketones (excluding diaryl/α,β-unsaturated/α-hetero) is 1. The number of fused-ring (bicyclic) bond motifs is 1. The number of ketones is 1. The zero-order valence-corrected chi connectivity index (χ0v) is 20.0. The molecule has 2 aliphatic heterocycles. The van der Waals surface area contributed by atoms with Crippen LogP contribution in [0.2, 0.25) is 0 Å². The molecule has 2 aromatic carbocycles. The predicted molar refractivity (Wildman–Crippen MR) is 129 cm³/mol. The highest BCUT2D eigenvalue weighted by Gasteiger charge is 2.46. The van der Waals surface area contributed by atoms with E-state index in [1.54, 1.807) is 12.1 Å². The van der Waals surface area contributed by atoms with Gasteiger partial charge in [-0.1, -0.05) is 19.9 Å².